The molecule has 0 N–H and O–H groups in total. The number of benzene rings is 2. The molecule has 2 aliphatic rings. The fraction of sp³-hybridized carbons (Fsp3) is 0.188. The number of hydrogen-bond donors (Lipinski definition) is 0. The van der Waals surface area contributed by atoms with Crippen molar-refractivity contribution >= 4 is 5.71 Å². The minimum absolute atomic E-state index is 0.122. The van der Waals surface area contributed by atoms with E-state index in [1.54, 1.807) is 0 Å². The molecule has 0 radical (unpaired) electrons. The minimum atomic E-state index is 0.122. The van der Waals surface area contributed by atoms with Gasteiger partial charge < -0.3 is 4.84 Å². The number of hydrogen-bond acceptors (Lipinski definition) is 2. The zero-order valence-electron chi connectivity index (χ0n) is 9.91. The van der Waals surface area contributed by atoms with Gasteiger partial charge in [-0.15, -0.1) is 0 Å². The first-order valence-electron chi connectivity index (χ1n) is 6.30. The average Bonchev–Trinajstić information content (AvgIpc) is 2.98. The van der Waals surface area contributed by atoms with Crippen molar-refractivity contribution in [2.45, 2.75) is 12.5 Å². The molecule has 1 heterocycles. The molecule has 2 heteroatoms. The molecule has 0 saturated heterocycles. The smallest absolute Gasteiger partial charge is 0.161 e. The van der Waals surface area contributed by atoms with Crippen molar-refractivity contribution in [3.63, 3.8) is 0 Å². The molecule has 2 aromatic carbocycles. The third-order valence-corrected chi connectivity index (χ3v) is 3.85. The Labute approximate surface area is 106 Å². The predicted octanol–water partition coefficient (Wildman–Crippen LogP) is 3.33. The first-order valence-corrected chi connectivity index (χ1v) is 6.30. The van der Waals surface area contributed by atoms with E-state index in [2.05, 4.69) is 41.6 Å². The Morgan fingerprint density at radius 1 is 0.944 bits per heavy atom. The molecule has 88 valence electrons. The van der Waals surface area contributed by atoms with E-state index >= 15 is 0 Å². The predicted molar refractivity (Wildman–Crippen MR) is 70.4 cm³/mol. The Morgan fingerprint density at radius 3 is 2.61 bits per heavy atom. The molecule has 0 saturated carbocycles. The third kappa shape index (κ3) is 1.32. The van der Waals surface area contributed by atoms with Crippen LogP contribution >= 0.6 is 0 Å². The maximum atomic E-state index is 5.66. The van der Waals surface area contributed by atoms with Crippen LogP contribution in [0.15, 0.2) is 59.8 Å². The second-order valence-corrected chi connectivity index (χ2v) is 4.88. The van der Waals surface area contributed by atoms with Crippen molar-refractivity contribution in [2.24, 2.45) is 11.1 Å². The summed E-state index contributed by atoms with van der Waals surface area (Å²) in [5.41, 5.74) is 4.97. The third-order valence-electron chi connectivity index (χ3n) is 3.85. The molecule has 4 rings (SSSR count). The summed E-state index contributed by atoms with van der Waals surface area (Å²) in [5.74, 6) is 0.379. The first kappa shape index (κ1) is 9.89. The SMILES string of the molecule is c1ccc(C2=NO[C@@H]3c4ccccc4C[C@@H]23)cc1. The maximum Gasteiger partial charge on any atom is 0.161 e. The van der Waals surface area contributed by atoms with E-state index in [4.69, 9.17) is 4.84 Å². The van der Waals surface area contributed by atoms with Crippen molar-refractivity contribution in [3.05, 3.63) is 71.3 Å². The summed E-state index contributed by atoms with van der Waals surface area (Å²) in [6, 6.07) is 18.9. The van der Waals surface area contributed by atoms with E-state index < -0.39 is 0 Å². The van der Waals surface area contributed by atoms with Crippen LogP contribution in [0.4, 0.5) is 0 Å². The number of fused-ring (bicyclic) bond motifs is 3. The van der Waals surface area contributed by atoms with Crippen molar-refractivity contribution in [3.8, 4) is 0 Å². The quantitative estimate of drug-likeness (QED) is 0.743. The van der Waals surface area contributed by atoms with Gasteiger partial charge in [0.1, 0.15) is 0 Å². The van der Waals surface area contributed by atoms with E-state index in [-0.39, 0.29) is 6.10 Å². The molecule has 18 heavy (non-hydrogen) atoms. The van der Waals surface area contributed by atoms with Crippen LogP contribution in [0, 0.1) is 5.92 Å². The normalized spacial score (nSPS) is 24.1. The van der Waals surface area contributed by atoms with Crippen LogP contribution in [0.1, 0.15) is 22.8 Å². The molecular weight excluding hydrogens is 222 g/mol. The lowest BCUT2D eigenvalue weighted by Gasteiger charge is -2.09. The van der Waals surface area contributed by atoms with E-state index in [0.717, 1.165) is 12.1 Å². The molecule has 0 fully saturated rings. The average molecular weight is 235 g/mol. The summed E-state index contributed by atoms with van der Waals surface area (Å²) < 4.78 is 0. The van der Waals surface area contributed by atoms with Gasteiger partial charge in [-0.25, -0.2) is 0 Å². The van der Waals surface area contributed by atoms with Gasteiger partial charge in [-0.05, 0) is 23.1 Å². The largest absolute Gasteiger partial charge is 0.387 e. The molecule has 2 atom stereocenters. The lowest BCUT2D eigenvalue weighted by Crippen LogP contribution is -2.14. The second-order valence-electron chi connectivity index (χ2n) is 4.88. The highest BCUT2D eigenvalue weighted by atomic mass is 16.6. The first-order chi connectivity index (χ1) is 8.93. The molecule has 0 bridgehead atoms. The Hall–Kier alpha value is -2.09. The van der Waals surface area contributed by atoms with Gasteiger partial charge in [0.15, 0.2) is 6.10 Å². The van der Waals surface area contributed by atoms with Crippen LogP contribution in [0.25, 0.3) is 0 Å². The molecule has 0 spiro atoms. The summed E-state index contributed by atoms with van der Waals surface area (Å²) >= 11 is 0. The van der Waals surface area contributed by atoms with Gasteiger partial charge >= 0.3 is 0 Å². The maximum absolute atomic E-state index is 5.66. The van der Waals surface area contributed by atoms with E-state index in [1.807, 2.05) is 18.2 Å². The van der Waals surface area contributed by atoms with Gasteiger partial charge in [0.2, 0.25) is 0 Å². The Balaban J connectivity index is 1.73. The number of rotatable bonds is 1. The molecule has 1 aliphatic carbocycles. The highest BCUT2D eigenvalue weighted by Gasteiger charge is 2.42. The van der Waals surface area contributed by atoms with Gasteiger partial charge in [-0.3, -0.25) is 0 Å². The highest BCUT2D eigenvalue weighted by molar-refractivity contribution is 6.03. The van der Waals surface area contributed by atoms with Crippen LogP contribution in [0.2, 0.25) is 0 Å². The minimum Gasteiger partial charge on any atom is -0.387 e. The van der Waals surface area contributed by atoms with Crippen LogP contribution in [0.3, 0.4) is 0 Å². The van der Waals surface area contributed by atoms with Crippen molar-refractivity contribution in [1.29, 1.82) is 0 Å². The van der Waals surface area contributed by atoms with Gasteiger partial charge in [-0.2, -0.15) is 0 Å². The van der Waals surface area contributed by atoms with Gasteiger partial charge in [0.25, 0.3) is 0 Å². The molecular formula is C16H13NO. The van der Waals surface area contributed by atoms with Crippen LogP contribution in [0.5, 0.6) is 0 Å². The molecule has 1 aliphatic heterocycles. The fourth-order valence-electron chi connectivity index (χ4n) is 2.99. The van der Waals surface area contributed by atoms with E-state index in [0.29, 0.717) is 5.92 Å². The summed E-state index contributed by atoms with van der Waals surface area (Å²) in [7, 11) is 0. The molecule has 2 nitrogen and oxygen atoms in total. The monoisotopic (exact) mass is 235 g/mol. The Kier molecular flexibility index (Phi) is 2.04. The van der Waals surface area contributed by atoms with Gasteiger partial charge in [0, 0.05) is 0 Å². The van der Waals surface area contributed by atoms with Crippen LogP contribution in [-0.4, -0.2) is 5.71 Å². The number of nitrogens with zero attached hydrogens (tertiary/aromatic N) is 1. The zero-order valence-corrected chi connectivity index (χ0v) is 9.91. The van der Waals surface area contributed by atoms with E-state index in [9.17, 15) is 0 Å². The van der Waals surface area contributed by atoms with Crippen molar-refractivity contribution < 1.29 is 4.84 Å². The lowest BCUT2D eigenvalue weighted by atomic mass is 9.93. The topological polar surface area (TPSA) is 21.6 Å². The number of oxime groups is 1. The molecule has 0 aromatic heterocycles. The molecule has 0 unspecified atom stereocenters. The van der Waals surface area contributed by atoms with Gasteiger partial charge in [0.05, 0.1) is 11.6 Å². The summed E-state index contributed by atoms with van der Waals surface area (Å²) in [6.07, 6.45) is 1.16. The Bertz CT molecular complexity index is 618. The highest BCUT2D eigenvalue weighted by Crippen LogP contribution is 2.44. The standard InChI is InChI=1S/C16H13NO/c1-2-6-11(7-3-1)15-14-10-12-8-4-5-9-13(12)16(14)18-17-15/h1-9,14,16H,10H2/t14-,16+/m0/s1. The second kappa shape index (κ2) is 3.70. The van der Waals surface area contributed by atoms with Crippen LogP contribution < -0.4 is 0 Å². The fourth-order valence-corrected chi connectivity index (χ4v) is 2.99. The Morgan fingerprint density at radius 2 is 1.72 bits per heavy atom. The summed E-state index contributed by atoms with van der Waals surface area (Å²) in [4.78, 5) is 5.66. The lowest BCUT2D eigenvalue weighted by molar-refractivity contribution is 0.0697. The van der Waals surface area contributed by atoms with E-state index in [1.165, 1.54) is 16.7 Å². The molecule has 0 amide bonds. The van der Waals surface area contributed by atoms with Crippen molar-refractivity contribution in [2.75, 3.05) is 0 Å². The molecule has 2 aromatic rings. The zero-order chi connectivity index (χ0) is 11.9. The van der Waals surface area contributed by atoms with Gasteiger partial charge in [-0.1, -0.05) is 59.8 Å². The summed E-state index contributed by atoms with van der Waals surface area (Å²) in [6.45, 7) is 0. The summed E-state index contributed by atoms with van der Waals surface area (Å²) in [5, 5.41) is 4.31. The van der Waals surface area contributed by atoms with Crippen LogP contribution in [-0.2, 0) is 11.3 Å². The van der Waals surface area contributed by atoms with Crippen molar-refractivity contribution in [1.82, 2.24) is 0 Å².